The molecule has 0 saturated heterocycles. The third-order valence-corrected chi connectivity index (χ3v) is 2.69. The Hall–Kier alpha value is 0.230. The monoisotopic (exact) mass is 246 g/mol. The Morgan fingerprint density at radius 3 is 2.42 bits per heavy atom. The Morgan fingerprint density at radius 2 is 1.92 bits per heavy atom. The molecule has 0 aliphatic heterocycles. The first-order valence-electron chi connectivity index (χ1n) is 3.86. The van der Waals surface area contributed by atoms with Gasteiger partial charge in [0.2, 0.25) is 0 Å². The summed E-state index contributed by atoms with van der Waals surface area (Å²) in [6.45, 7) is 0. The van der Waals surface area contributed by atoms with Gasteiger partial charge in [-0.3, -0.25) is 4.74 Å². The summed E-state index contributed by atoms with van der Waals surface area (Å²) in [6, 6.07) is 0. The number of ether oxygens (including phenoxy) is 1. The van der Waals surface area contributed by atoms with Gasteiger partial charge >= 0.3 is 6.36 Å². The van der Waals surface area contributed by atoms with Gasteiger partial charge in [-0.1, -0.05) is 15.9 Å². The molecule has 0 aromatic rings. The van der Waals surface area contributed by atoms with E-state index in [9.17, 15) is 13.2 Å². The summed E-state index contributed by atoms with van der Waals surface area (Å²) in [4.78, 5) is 0.179. The predicted molar refractivity (Wildman–Crippen MR) is 42.1 cm³/mol. The molecule has 0 aromatic heterocycles. The van der Waals surface area contributed by atoms with Crippen LogP contribution in [0.4, 0.5) is 13.2 Å². The molecule has 0 heterocycles. The predicted octanol–water partition coefficient (Wildman–Crippen LogP) is 3.23. The SMILES string of the molecule is FC(F)(F)OC1CCCC(Br)C1. The molecule has 0 aromatic carbocycles. The maximum absolute atomic E-state index is 11.7. The van der Waals surface area contributed by atoms with Crippen molar-refractivity contribution < 1.29 is 17.9 Å². The molecule has 12 heavy (non-hydrogen) atoms. The Balaban J connectivity index is 2.32. The van der Waals surface area contributed by atoms with Gasteiger partial charge in [0.25, 0.3) is 0 Å². The van der Waals surface area contributed by atoms with Crippen molar-refractivity contribution in [2.24, 2.45) is 0 Å². The molecule has 1 fully saturated rings. The summed E-state index contributed by atoms with van der Waals surface area (Å²) in [6.07, 6.45) is -2.41. The number of rotatable bonds is 1. The van der Waals surface area contributed by atoms with Gasteiger partial charge in [-0.05, 0) is 25.7 Å². The lowest BCUT2D eigenvalue weighted by molar-refractivity contribution is -0.344. The first kappa shape index (κ1) is 10.3. The molecule has 1 rings (SSSR count). The number of alkyl halides is 4. The van der Waals surface area contributed by atoms with Gasteiger partial charge in [0.1, 0.15) is 0 Å². The van der Waals surface area contributed by atoms with Gasteiger partial charge in [0.05, 0.1) is 6.10 Å². The summed E-state index contributed by atoms with van der Waals surface area (Å²) < 4.78 is 39.1. The van der Waals surface area contributed by atoms with E-state index in [2.05, 4.69) is 20.7 Å². The molecule has 0 bridgehead atoms. The van der Waals surface area contributed by atoms with Crippen molar-refractivity contribution in [2.75, 3.05) is 0 Å². The lowest BCUT2D eigenvalue weighted by Gasteiger charge is -2.26. The van der Waals surface area contributed by atoms with Crippen molar-refractivity contribution in [3.05, 3.63) is 0 Å². The summed E-state index contributed by atoms with van der Waals surface area (Å²) in [5, 5.41) is 0. The van der Waals surface area contributed by atoms with E-state index in [1.807, 2.05) is 0 Å². The van der Waals surface area contributed by atoms with Crippen LogP contribution in [-0.4, -0.2) is 17.3 Å². The average Bonchev–Trinajstić information content (AvgIpc) is 1.82. The second-order valence-corrected chi connectivity index (χ2v) is 4.24. The second-order valence-electron chi connectivity index (χ2n) is 2.95. The van der Waals surface area contributed by atoms with E-state index < -0.39 is 12.5 Å². The standard InChI is InChI=1S/C7H10BrF3O/c8-5-2-1-3-6(4-5)12-7(9,10)11/h5-6H,1-4H2. The summed E-state index contributed by atoms with van der Waals surface area (Å²) >= 11 is 3.29. The Bertz CT molecular complexity index is 148. The Kier molecular flexibility index (Phi) is 3.40. The fraction of sp³-hybridized carbons (Fsp3) is 1.00. The fourth-order valence-corrected chi connectivity index (χ4v) is 2.12. The minimum absolute atomic E-state index is 0.179. The number of hydrogen-bond acceptors (Lipinski definition) is 1. The molecule has 0 amide bonds. The zero-order valence-corrected chi connectivity index (χ0v) is 7.99. The molecule has 0 N–H and O–H groups in total. The van der Waals surface area contributed by atoms with Gasteiger partial charge in [0.15, 0.2) is 0 Å². The first-order valence-corrected chi connectivity index (χ1v) is 4.77. The molecule has 2 atom stereocenters. The van der Waals surface area contributed by atoms with Crippen LogP contribution in [0.1, 0.15) is 25.7 Å². The number of halogens is 4. The van der Waals surface area contributed by atoms with Crippen LogP contribution < -0.4 is 0 Å². The van der Waals surface area contributed by atoms with Gasteiger partial charge in [-0.15, -0.1) is 13.2 Å². The Labute approximate surface area is 77.4 Å². The second kappa shape index (κ2) is 3.96. The van der Waals surface area contributed by atoms with E-state index in [1.54, 1.807) is 0 Å². The van der Waals surface area contributed by atoms with Crippen LogP contribution in [0.5, 0.6) is 0 Å². The van der Waals surface area contributed by atoms with E-state index in [-0.39, 0.29) is 4.83 Å². The molecular formula is C7H10BrF3O. The summed E-state index contributed by atoms with van der Waals surface area (Å²) in [5.41, 5.74) is 0. The molecule has 1 nitrogen and oxygen atoms in total. The van der Waals surface area contributed by atoms with Crippen molar-refractivity contribution >= 4 is 15.9 Å². The van der Waals surface area contributed by atoms with E-state index in [1.165, 1.54) is 0 Å². The topological polar surface area (TPSA) is 9.23 Å². The number of hydrogen-bond donors (Lipinski definition) is 0. The average molecular weight is 247 g/mol. The van der Waals surface area contributed by atoms with E-state index in [0.29, 0.717) is 12.8 Å². The zero-order valence-electron chi connectivity index (χ0n) is 6.40. The van der Waals surface area contributed by atoms with Gasteiger partial charge in [0, 0.05) is 4.83 Å². The highest BCUT2D eigenvalue weighted by Crippen LogP contribution is 2.30. The normalized spacial score (nSPS) is 32.0. The van der Waals surface area contributed by atoms with Crippen molar-refractivity contribution in [3.8, 4) is 0 Å². The lowest BCUT2D eigenvalue weighted by Crippen LogP contribution is -2.29. The third-order valence-electron chi connectivity index (χ3n) is 1.86. The molecule has 72 valence electrons. The third kappa shape index (κ3) is 3.76. The molecule has 0 radical (unpaired) electrons. The maximum atomic E-state index is 11.7. The molecule has 0 spiro atoms. The van der Waals surface area contributed by atoms with E-state index in [0.717, 1.165) is 12.8 Å². The van der Waals surface area contributed by atoms with Crippen molar-refractivity contribution in [3.63, 3.8) is 0 Å². The van der Waals surface area contributed by atoms with Crippen molar-refractivity contribution in [2.45, 2.75) is 43.0 Å². The highest BCUT2D eigenvalue weighted by atomic mass is 79.9. The highest BCUT2D eigenvalue weighted by molar-refractivity contribution is 9.09. The van der Waals surface area contributed by atoms with Crippen LogP contribution in [-0.2, 0) is 4.74 Å². The summed E-state index contributed by atoms with van der Waals surface area (Å²) in [7, 11) is 0. The van der Waals surface area contributed by atoms with E-state index >= 15 is 0 Å². The van der Waals surface area contributed by atoms with E-state index in [4.69, 9.17) is 0 Å². The molecule has 1 aliphatic carbocycles. The minimum Gasteiger partial charge on any atom is -0.289 e. The van der Waals surface area contributed by atoms with Crippen molar-refractivity contribution in [1.82, 2.24) is 0 Å². The molecule has 2 unspecified atom stereocenters. The highest BCUT2D eigenvalue weighted by Gasteiger charge is 2.35. The Morgan fingerprint density at radius 1 is 1.25 bits per heavy atom. The van der Waals surface area contributed by atoms with Gasteiger partial charge in [-0.2, -0.15) is 0 Å². The smallest absolute Gasteiger partial charge is 0.289 e. The van der Waals surface area contributed by atoms with Crippen LogP contribution in [0.2, 0.25) is 0 Å². The van der Waals surface area contributed by atoms with Crippen LogP contribution in [0.25, 0.3) is 0 Å². The quantitative estimate of drug-likeness (QED) is 0.646. The molecule has 1 aliphatic rings. The first-order chi connectivity index (χ1) is 5.47. The summed E-state index contributed by atoms with van der Waals surface area (Å²) in [5.74, 6) is 0. The minimum atomic E-state index is -4.48. The lowest BCUT2D eigenvalue weighted by atomic mass is 9.98. The largest absolute Gasteiger partial charge is 0.522 e. The fourth-order valence-electron chi connectivity index (χ4n) is 1.38. The molecule has 1 saturated carbocycles. The molecule has 5 heteroatoms. The van der Waals surface area contributed by atoms with Crippen LogP contribution >= 0.6 is 15.9 Å². The van der Waals surface area contributed by atoms with Gasteiger partial charge in [-0.25, -0.2) is 0 Å². The van der Waals surface area contributed by atoms with Crippen LogP contribution in [0.3, 0.4) is 0 Å². The van der Waals surface area contributed by atoms with Crippen molar-refractivity contribution in [1.29, 1.82) is 0 Å². The van der Waals surface area contributed by atoms with Crippen LogP contribution in [0.15, 0.2) is 0 Å². The molecular weight excluding hydrogens is 237 g/mol. The maximum Gasteiger partial charge on any atom is 0.522 e. The van der Waals surface area contributed by atoms with Gasteiger partial charge < -0.3 is 0 Å². The zero-order chi connectivity index (χ0) is 9.19. The van der Waals surface area contributed by atoms with Crippen LogP contribution in [0, 0.1) is 0 Å².